The first-order valence-electron chi connectivity index (χ1n) is 7.22. The molecule has 1 aromatic carbocycles. The highest BCUT2D eigenvalue weighted by Crippen LogP contribution is 2.06. The van der Waals surface area contributed by atoms with Gasteiger partial charge in [-0.3, -0.25) is 4.79 Å². The number of nitrogens with two attached hydrogens (primary N) is 1. The fourth-order valence-electron chi connectivity index (χ4n) is 2.07. The van der Waals surface area contributed by atoms with Crippen LogP contribution in [0, 0.1) is 5.92 Å². The van der Waals surface area contributed by atoms with E-state index in [-0.39, 0.29) is 36.6 Å². The summed E-state index contributed by atoms with van der Waals surface area (Å²) in [5.41, 5.74) is 6.71. The Morgan fingerprint density at radius 2 is 2.00 bits per heavy atom. The summed E-state index contributed by atoms with van der Waals surface area (Å²) in [5.74, 6) is 0.826. The third kappa shape index (κ3) is 6.60. The molecule has 0 radical (unpaired) electrons. The Hall–Kier alpha value is -1.56. The summed E-state index contributed by atoms with van der Waals surface area (Å²) in [7, 11) is 0. The van der Waals surface area contributed by atoms with E-state index in [0.717, 1.165) is 12.4 Å². The largest absolute Gasteiger partial charge is 0.355 e. The van der Waals surface area contributed by atoms with Gasteiger partial charge in [0.1, 0.15) is 5.82 Å². The molecule has 128 valence electrons. The topological polar surface area (TPSA) is 72.9 Å². The van der Waals surface area contributed by atoms with Gasteiger partial charge in [-0.15, -0.1) is 24.8 Å². The van der Waals surface area contributed by atoms with Crippen molar-refractivity contribution in [2.45, 2.75) is 19.9 Å². The average molecular weight is 359 g/mol. The summed E-state index contributed by atoms with van der Waals surface area (Å²) in [6, 6.07) is 10.2. The maximum Gasteiger partial charge on any atom is 0.224 e. The third-order valence-electron chi connectivity index (χ3n) is 3.45. The molecule has 1 amide bonds. The number of rotatable bonds is 7. The van der Waals surface area contributed by atoms with Crippen LogP contribution in [0.3, 0.4) is 0 Å². The average Bonchev–Trinajstić information content (AvgIpc) is 2.94. The predicted octanol–water partition coefficient (Wildman–Crippen LogP) is 2.03. The zero-order valence-corrected chi connectivity index (χ0v) is 14.8. The molecular weight excluding hydrogens is 335 g/mol. The van der Waals surface area contributed by atoms with Crippen molar-refractivity contribution < 1.29 is 4.79 Å². The van der Waals surface area contributed by atoms with E-state index in [1.165, 1.54) is 5.56 Å². The quantitative estimate of drug-likeness (QED) is 0.795. The molecule has 1 aromatic heterocycles. The molecule has 0 aliphatic carbocycles. The number of carbonyl (C=O) groups is 1. The lowest BCUT2D eigenvalue weighted by molar-refractivity contribution is -0.124. The summed E-state index contributed by atoms with van der Waals surface area (Å²) in [4.78, 5) is 16.0. The third-order valence-corrected chi connectivity index (χ3v) is 3.45. The molecule has 1 unspecified atom stereocenters. The molecular formula is C16H24Cl2N4O. The van der Waals surface area contributed by atoms with E-state index in [1.54, 1.807) is 6.20 Å². The molecule has 0 aliphatic heterocycles. The van der Waals surface area contributed by atoms with Gasteiger partial charge in [-0.05, 0) is 5.56 Å². The van der Waals surface area contributed by atoms with E-state index in [0.29, 0.717) is 19.5 Å². The highest BCUT2D eigenvalue weighted by atomic mass is 35.5. The minimum absolute atomic E-state index is 0. The fraction of sp³-hybridized carbons (Fsp3) is 0.375. The normalized spacial score (nSPS) is 11.0. The second-order valence-electron chi connectivity index (χ2n) is 5.13. The molecule has 2 aromatic rings. The Balaban J connectivity index is 0.00000242. The van der Waals surface area contributed by atoms with Crippen molar-refractivity contribution in [2.75, 3.05) is 13.1 Å². The molecule has 5 nitrogen and oxygen atoms in total. The van der Waals surface area contributed by atoms with Gasteiger partial charge < -0.3 is 15.6 Å². The molecule has 23 heavy (non-hydrogen) atoms. The lowest BCUT2D eigenvalue weighted by Gasteiger charge is -2.11. The van der Waals surface area contributed by atoms with Gasteiger partial charge in [-0.2, -0.15) is 0 Å². The standard InChI is InChI=1S/C16H22N4O.2ClH/c1-13(11-17)16(21)19-8-7-15-18-9-10-20(15)12-14-5-3-2-4-6-14;;/h2-6,9-10,13H,7-8,11-12,17H2,1H3,(H,19,21);2*1H. The smallest absolute Gasteiger partial charge is 0.224 e. The number of aromatic nitrogens is 2. The monoisotopic (exact) mass is 358 g/mol. The molecule has 1 atom stereocenters. The molecule has 2 rings (SSSR count). The van der Waals surface area contributed by atoms with E-state index in [4.69, 9.17) is 5.73 Å². The summed E-state index contributed by atoms with van der Waals surface area (Å²) in [6.45, 7) is 3.57. The van der Waals surface area contributed by atoms with Crippen molar-refractivity contribution in [3.05, 3.63) is 54.1 Å². The Labute approximate surface area is 149 Å². The van der Waals surface area contributed by atoms with Crippen LogP contribution in [0.5, 0.6) is 0 Å². The summed E-state index contributed by atoms with van der Waals surface area (Å²) < 4.78 is 2.11. The van der Waals surface area contributed by atoms with E-state index >= 15 is 0 Å². The lowest BCUT2D eigenvalue weighted by atomic mass is 10.1. The minimum Gasteiger partial charge on any atom is -0.355 e. The fourth-order valence-corrected chi connectivity index (χ4v) is 2.07. The van der Waals surface area contributed by atoms with Crippen LogP contribution in [0.25, 0.3) is 0 Å². The number of hydrogen-bond donors (Lipinski definition) is 2. The van der Waals surface area contributed by atoms with Crippen molar-refractivity contribution in [2.24, 2.45) is 11.7 Å². The molecule has 0 bridgehead atoms. The van der Waals surface area contributed by atoms with Gasteiger partial charge in [0.25, 0.3) is 0 Å². The van der Waals surface area contributed by atoms with Gasteiger partial charge in [-0.1, -0.05) is 37.3 Å². The maximum absolute atomic E-state index is 11.7. The van der Waals surface area contributed by atoms with Crippen molar-refractivity contribution in [1.82, 2.24) is 14.9 Å². The van der Waals surface area contributed by atoms with Gasteiger partial charge in [-0.25, -0.2) is 4.98 Å². The van der Waals surface area contributed by atoms with Crippen molar-refractivity contribution in [3.8, 4) is 0 Å². The predicted molar refractivity (Wildman–Crippen MR) is 97.2 cm³/mol. The SMILES string of the molecule is CC(CN)C(=O)NCCc1nccn1Cc1ccccc1.Cl.Cl. The number of halogens is 2. The highest BCUT2D eigenvalue weighted by molar-refractivity contribution is 5.85. The Morgan fingerprint density at radius 3 is 2.65 bits per heavy atom. The van der Waals surface area contributed by atoms with E-state index < -0.39 is 0 Å². The first kappa shape index (κ1) is 21.4. The zero-order valence-electron chi connectivity index (χ0n) is 13.1. The van der Waals surface area contributed by atoms with Crippen LogP contribution in [0.1, 0.15) is 18.3 Å². The van der Waals surface area contributed by atoms with E-state index in [2.05, 4.69) is 27.0 Å². The van der Waals surface area contributed by atoms with Crippen LogP contribution in [0.2, 0.25) is 0 Å². The second-order valence-corrected chi connectivity index (χ2v) is 5.13. The van der Waals surface area contributed by atoms with Crippen LogP contribution in [-0.2, 0) is 17.8 Å². The van der Waals surface area contributed by atoms with Crippen LogP contribution >= 0.6 is 24.8 Å². The van der Waals surface area contributed by atoms with Gasteiger partial charge >= 0.3 is 0 Å². The van der Waals surface area contributed by atoms with Gasteiger partial charge in [0.15, 0.2) is 0 Å². The Kier molecular flexibility index (Phi) is 10.3. The van der Waals surface area contributed by atoms with Gasteiger partial charge in [0.05, 0.1) is 0 Å². The molecule has 0 fully saturated rings. The van der Waals surface area contributed by atoms with Gasteiger partial charge in [0, 0.05) is 44.4 Å². The number of imidazole rings is 1. The first-order chi connectivity index (χ1) is 10.2. The van der Waals surface area contributed by atoms with E-state index in [1.807, 2.05) is 31.3 Å². The molecule has 1 heterocycles. The Bertz CT molecular complexity index is 574. The van der Waals surface area contributed by atoms with Crippen molar-refractivity contribution in [3.63, 3.8) is 0 Å². The van der Waals surface area contributed by atoms with E-state index in [9.17, 15) is 4.79 Å². The van der Waals surface area contributed by atoms with Crippen LogP contribution in [-0.4, -0.2) is 28.5 Å². The summed E-state index contributed by atoms with van der Waals surface area (Å²) in [6.07, 6.45) is 4.47. The maximum atomic E-state index is 11.7. The zero-order chi connectivity index (χ0) is 15.1. The van der Waals surface area contributed by atoms with Crippen LogP contribution in [0.4, 0.5) is 0 Å². The van der Waals surface area contributed by atoms with Crippen molar-refractivity contribution >= 4 is 30.7 Å². The molecule has 0 aliphatic rings. The number of benzene rings is 1. The molecule has 0 spiro atoms. The number of amides is 1. The molecule has 7 heteroatoms. The summed E-state index contributed by atoms with van der Waals surface area (Å²) in [5, 5.41) is 2.89. The molecule has 3 N–H and O–H groups in total. The second kappa shape index (κ2) is 11.0. The minimum atomic E-state index is -0.144. The molecule has 0 saturated carbocycles. The lowest BCUT2D eigenvalue weighted by Crippen LogP contribution is -2.34. The Morgan fingerprint density at radius 1 is 1.30 bits per heavy atom. The number of carbonyl (C=O) groups excluding carboxylic acids is 1. The van der Waals surface area contributed by atoms with Crippen LogP contribution < -0.4 is 11.1 Å². The molecule has 0 saturated heterocycles. The first-order valence-corrected chi connectivity index (χ1v) is 7.22. The van der Waals surface area contributed by atoms with Crippen LogP contribution in [0.15, 0.2) is 42.7 Å². The highest BCUT2D eigenvalue weighted by Gasteiger charge is 2.10. The number of nitrogens with zero attached hydrogens (tertiary/aromatic N) is 2. The van der Waals surface area contributed by atoms with Gasteiger partial charge in [0.2, 0.25) is 5.91 Å². The number of hydrogen-bond acceptors (Lipinski definition) is 3. The summed E-state index contributed by atoms with van der Waals surface area (Å²) >= 11 is 0. The number of nitrogens with one attached hydrogen (secondary N) is 1. The van der Waals surface area contributed by atoms with Crippen molar-refractivity contribution in [1.29, 1.82) is 0 Å².